The number of aromatic carboxylic acids is 1. The van der Waals surface area contributed by atoms with Crippen molar-refractivity contribution >= 4 is 17.3 Å². The first-order chi connectivity index (χ1) is 9.06. The summed E-state index contributed by atoms with van der Waals surface area (Å²) >= 11 is 1.32. The molecular weight excluding hydrogens is 260 g/mol. The molecule has 1 saturated heterocycles. The Balaban J connectivity index is 1.85. The first-order valence-corrected chi connectivity index (χ1v) is 7.68. The van der Waals surface area contributed by atoms with Crippen molar-refractivity contribution in [3.05, 3.63) is 21.9 Å². The topological polar surface area (TPSA) is 43.8 Å². The second-order valence-corrected chi connectivity index (χ2v) is 6.47. The summed E-state index contributed by atoms with van der Waals surface area (Å²) in [4.78, 5) is 16.4. The van der Waals surface area contributed by atoms with Crippen LogP contribution in [0.15, 0.2) is 11.4 Å². The van der Waals surface area contributed by atoms with Gasteiger partial charge in [0.05, 0.1) is 0 Å². The predicted octanol–water partition coefficient (Wildman–Crippen LogP) is 2.22. The zero-order chi connectivity index (χ0) is 13.8. The number of nitrogens with zero attached hydrogens (tertiary/aromatic N) is 2. The summed E-state index contributed by atoms with van der Waals surface area (Å²) in [5.74, 6) is -0.0921. The van der Waals surface area contributed by atoms with Crippen molar-refractivity contribution < 1.29 is 9.90 Å². The van der Waals surface area contributed by atoms with Crippen LogP contribution in [-0.2, 0) is 6.54 Å². The molecule has 0 unspecified atom stereocenters. The third-order valence-corrected chi connectivity index (χ3v) is 4.37. The highest BCUT2D eigenvalue weighted by molar-refractivity contribution is 7.12. The molecule has 0 radical (unpaired) electrons. The van der Waals surface area contributed by atoms with Gasteiger partial charge in [-0.15, -0.1) is 11.3 Å². The van der Waals surface area contributed by atoms with Crippen LogP contribution in [0.4, 0.5) is 0 Å². The van der Waals surface area contributed by atoms with Crippen LogP contribution >= 0.6 is 11.3 Å². The van der Waals surface area contributed by atoms with E-state index in [0.29, 0.717) is 10.8 Å². The first-order valence-electron chi connectivity index (χ1n) is 6.80. The van der Waals surface area contributed by atoms with E-state index < -0.39 is 5.97 Å². The lowest BCUT2D eigenvalue weighted by Crippen LogP contribution is -2.46. The van der Waals surface area contributed by atoms with Crippen LogP contribution in [-0.4, -0.2) is 53.6 Å². The van der Waals surface area contributed by atoms with Crippen molar-refractivity contribution in [3.8, 4) is 0 Å². The van der Waals surface area contributed by atoms with Gasteiger partial charge in [-0.1, -0.05) is 13.8 Å². The molecule has 2 heterocycles. The highest BCUT2D eigenvalue weighted by Crippen LogP contribution is 2.19. The maximum absolute atomic E-state index is 11.1. The van der Waals surface area contributed by atoms with E-state index in [1.165, 1.54) is 11.3 Å². The second-order valence-electron chi connectivity index (χ2n) is 5.55. The fourth-order valence-corrected chi connectivity index (χ4v) is 3.29. The maximum atomic E-state index is 11.1. The number of carboxylic acids is 1. The highest BCUT2D eigenvalue weighted by atomic mass is 32.1. The maximum Gasteiger partial charge on any atom is 0.346 e. The zero-order valence-corrected chi connectivity index (χ0v) is 12.4. The lowest BCUT2D eigenvalue weighted by atomic mass is 10.1. The van der Waals surface area contributed by atoms with E-state index in [4.69, 9.17) is 5.11 Å². The van der Waals surface area contributed by atoms with Crippen LogP contribution < -0.4 is 0 Å². The van der Waals surface area contributed by atoms with Crippen LogP contribution in [0.5, 0.6) is 0 Å². The molecule has 19 heavy (non-hydrogen) atoms. The molecule has 1 aliphatic heterocycles. The Morgan fingerprint density at radius 3 is 2.53 bits per heavy atom. The summed E-state index contributed by atoms with van der Waals surface area (Å²) in [5.41, 5.74) is 0.954. The van der Waals surface area contributed by atoms with Crippen molar-refractivity contribution in [3.63, 3.8) is 0 Å². The number of rotatable bonds is 5. The lowest BCUT2D eigenvalue weighted by molar-refractivity contribution is 0.0698. The zero-order valence-electron chi connectivity index (χ0n) is 11.6. The monoisotopic (exact) mass is 282 g/mol. The molecule has 0 amide bonds. The van der Waals surface area contributed by atoms with Crippen LogP contribution in [0, 0.1) is 5.92 Å². The lowest BCUT2D eigenvalue weighted by Gasteiger charge is -2.35. The predicted molar refractivity (Wildman–Crippen MR) is 77.8 cm³/mol. The van der Waals surface area contributed by atoms with Crippen molar-refractivity contribution in [2.45, 2.75) is 20.4 Å². The third kappa shape index (κ3) is 4.03. The molecule has 0 spiro atoms. The average molecular weight is 282 g/mol. The molecule has 1 aliphatic rings. The van der Waals surface area contributed by atoms with E-state index in [2.05, 4.69) is 23.6 Å². The molecule has 1 aromatic rings. The molecule has 5 heteroatoms. The SMILES string of the molecule is CC(C)CN1CCN(Cc2ccsc2C(=O)O)CC1. The minimum atomic E-state index is -0.802. The molecule has 106 valence electrons. The first kappa shape index (κ1) is 14.5. The number of carboxylic acid groups (broad SMARTS) is 1. The number of carbonyl (C=O) groups is 1. The fraction of sp³-hybridized carbons (Fsp3) is 0.643. The number of thiophene rings is 1. The van der Waals surface area contributed by atoms with E-state index in [-0.39, 0.29) is 0 Å². The quantitative estimate of drug-likeness (QED) is 0.899. The molecule has 1 fully saturated rings. The minimum Gasteiger partial charge on any atom is -0.477 e. The standard InChI is InChI=1S/C14H22N2O2S/c1-11(2)9-15-4-6-16(7-5-15)10-12-3-8-19-13(12)14(17)18/h3,8,11H,4-7,9-10H2,1-2H3,(H,17,18). The van der Waals surface area contributed by atoms with Gasteiger partial charge < -0.3 is 10.0 Å². The van der Waals surface area contributed by atoms with Crippen LogP contribution in [0.25, 0.3) is 0 Å². The van der Waals surface area contributed by atoms with E-state index in [1.807, 2.05) is 11.4 Å². The van der Waals surface area contributed by atoms with Crippen molar-refractivity contribution in [1.29, 1.82) is 0 Å². The van der Waals surface area contributed by atoms with E-state index in [0.717, 1.165) is 44.8 Å². The summed E-state index contributed by atoms with van der Waals surface area (Å²) in [7, 11) is 0. The van der Waals surface area contributed by atoms with Gasteiger partial charge in [0, 0.05) is 39.3 Å². The summed E-state index contributed by atoms with van der Waals surface area (Å²) in [6, 6.07) is 1.94. The van der Waals surface area contributed by atoms with Crippen LogP contribution in [0.2, 0.25) is 0 Å². The van der Waals surface area contributed by atoms with Gasteiger partial charge in [-0.25, -0.2) is 4.79 Å². The Hall–Kier alpha value is -0.910. The molecule has 0 saturated carbocycles. The smallest absolute Gasteiger partial charge is 0.346 e. The molecule has 4 nitrogen and oxygen atoms in total. The van der Waals surface area contributed by atoms with Crippen molar-refractivity contribution in [1.82, 2.24) is 9.80 Å². The largest absolute Gasteiger partial charge is 0.477 e. The van der Waals surface area contributed by atoms with Gasteiger partial charge in [0.15, 0.2) is 0 Å². The van der Waals surface area contributed by atoms with E-state index in [9.17, 15) is 4.79 Å². The number of hydrogen-bond donors (Lipinski definition) is 1. The van der Waals surface area contributed by atoms with Gasteiger partial charge in [-0.3, -0.25) is 4.90 Å². The van der Waals surface area contributed by atoms with Gasteiger partial charge in [-0.2, -0.15) is 0 Å². The van der Waals surface area contributed by atoms with Gasteiger partial charge >= 0.3 is 5.97 Å². The van der Waals surface area contributed by atoms with E-state index >= 15 is 0 Å². The highest BCUT2D eigenvalue weighted by Gasteiger charge is 2.20. The minimum absolute atomic E-state index is 0.490. The Labute approximate surface area is 118 Å². The van der Waals surface area contributed by atoms with Crippen LogP contribution in [0.3, 0.4) is 0 Å². The fourth-order valence-electron chi connectivity index (χ4n) is 2.54. The molecule has 0 aliphatic carbocycles. The molecule has 2 rings (SSSR count). The van der Waals surface area contributed by atoms with Gasteiger partial charge in [-0.05, 0) is 22.9 Å². The third-order valence-electron chi connectivity index (χ3n) is 3.42. The Morgan fingerprint density at radius 1 is 1.32 bits per heavy atom. The van der Waals surface area contributed by atoms with Crippen molar-refractivity contribution in [2.24, 2.45) is 5.92 Å². The summed E-state index contributed by atoms with van der Waals surface area (Å²) in [6.45, 7) is 10.7. The number of hydrogen-bond acceptors (Lipinski definition) is 4. The summed E-state index contributed by atoms with van der Waals surface area (Å²) in [5, 5.41) is 11.0. The van der Waals surface area contributed by atoms with E-state index in [1.54, 1.807) is 0 Å². The van der Waals surface area contributed by atoms with Gasteiger partial charge in [0.2, 0.25) is 0 Å². The number of piperazine rings is 1. The summed E-state index contributed by atoms with van der Waals surface area (Å²) < 4.78 is 0. The Bertz CT molecular complexity index is 423. The molecule has 0 bridgehead atoms. The van der Waals surface area contributed by atoms with Gasteiger partial charge in [0.25, 0.3) is 0 Å². The molecule has 1 aromatic heterocycles. The molecule has 0 aromatic carbocycles. The van der Waals surface area contributed by atoms with Crippen molar-refractivity contribution in [2.75, 3.05) is 32.7 Å². The van der Waals surface area contributed by atoms with Gasteiger partial charge in [0.1, 0.15) is 4.88 Å². The molecule has 1 N–H and O–H groups in total. The normalized spacial score (nSPS) is 18.1. The average Bonchev–Trinajstić information content (AvgIpc) is 2.79. The molecular formula is C14H22N2O2S. The summed E-state index contributed by atoms with van der Waals surface area (Å²) in [6.07, 6.45) is 0. The Kier molecular flexibility index (Phi) is 4.96. The molecule has 0 atom stereocenters. The van der Waals surface area contributed by atoms with Crippen LogP contribution in [0.1, 0.15) is 29.1 Å². The Morgan fingerprint density at radius 2 is 1.95 bits per heavy atom. The second kappa shape index (κ2) is 6.50.